The highest BCUT2D eigenvalue weighted by molar-refractivity contribution is 5.85. The number of benzene rings is 1. The minimum atomic E-state index is 0.547. The molecule has 0 bridgehead atoms. The fraction of sp³-hybridized carbons (Fsp3) is 0.412. The molecule has 10 heteroatoms. The highest BCUT2D eigenvalue weighted by Gasteiger charge is 2.27. The molecular formula is C34H44N10. The molecule has 1 saturated heterocycles. The molecule has 1 fully saturated rings. The molecule has 0 amide bonds. The molecule has 1 aliphatic carbocycles. The average Bonchev–Trinajstić information content (AvgIpc) is 3.63. The normalized spacial score (nSPS) is 16.1. The van der Waals surface area contributed by atoms with Crippen molar-refractivity contribution in [2.75, 3.05) is 52.1 Å². The molecule has 10 nitrogen and oxygen atoms in total. The Morgan fingerprint density at radius 1 is 0.977 bits per heavy atom. The average molecular weight is 593 g/mol. The first-order valence-corrected chi connectivity index (χ1v) is 15.7. The quantitative estimate of drug-likeness (QED) is 0.255. The predicted octanol–water partition coefficient (Wildman–Crippen LogP) is 4.75. The topological polar surface area (TPSA) is 92.0 Å². The van der Waals surface area contributed by atoms with Crippen LogP contribution in [0.2, 0.25) is 0 Å². The maximum Gasteiger partial charge on any atom is 0.228 e. The first-order valence-electron chi connectivity index (χ1n) is 15.7. The van der Waals surface area contributed by atoms with Crippen molar-refractivity contribution in [2.45, 2.75) is 39.7 Å². The van der Waals surface area contributed by atoms with Gasteiger partial charge in [0.25, 0.3) is 0 Å². The summed E-state index contributed by atoms with van der Waals surface area (Å²) >= 11 is 0. The van der Waals surface area contributed by atoms with E-state index in [4.69, 9.17) is 15.2 Å². The Kier molecular flexibility index (Phi) is 8.90. The summed E-state index contributed by atoms with van der Waals surface area (Å²) in [6, 6.07) is 10.7. The van der Waals surface area contributed by atoms with Crippen LogP contribution in [0.15, 0.2) is 60.6 Å². The molecule has 2 aliphatic rings. The van der Waals surface area contributed by atoms with Crippen molar-refractivity contribution < 1.29 is 0 Å². The van der Waals surface area contributed by atoms with E-state index >= 15 is 0 Å². The van der Waals surface area contributed by atoms with E-state index in [1.54, 1.807) is 0 Å². The first kappa shape index (κ1) is 29.8. The monoisotopic (exact) mass is 592 g/mol. The van der Waals surface area contributed by atoms with Gasteiger partial charge in [0.15, 0.2) is 5.82 Å². The van der Waals surface area contributed by atoms with Crippen molar-refractivity contribution in [3.05, 3.63) is 77.4 Å². The fourth-order valence-corrected chi connectivity index (χ4v) is 5.99. The minimum Gasteiger partial charge on any atom is -0.393 e. The largest absolute Gasteiger partial charge is 0.393 e. The van der Waals surface area contributed by atoms with Crippen LogP contribution in [0.5, 0.6) is 0 Å². The summed E-state index contributed by atoms with van der Waals surface area (Å²) in [5.41, 5.74) is 10.1. The van der Waals surface area contributed by atoms with Crippen LogP contribution in [0, 0.1) is 0 Å². The maximum absolute atomic E-state index is 5.03. The molecule has 4 aromatic rings. The molecule has 1 aromatic carbocycles. The van der Waals surface area contributed by atoms with E-state index in [0.717, 1.165) is 98.1 Å². The lowest BCUT2D eigenvalue weighted by Crippen LogP contribution is -2.45. The Hall–Kier alpha value is -4.28. The van der Waals surface area contributed by atoms with Gasteiger partial charge in [0.05, 0.1) is 23.6 Å². The number of nitrogens with one attached hydrogen (secondary N) is 2. The third-order valence-corrected chi connectivity index (χ3v) is 8.73. The molecular weight excluding hydrogens is 548 g/mol. The van der Waals surface area contributed by atoms with E-state index in [0.29, 0.717) is 5.95 Å². The second-order valence-corrected chi connectivity index (χ2v) is 11.9. The number of hydrogen-bond acceptors (Lipinski definition) is 8. The highest BCUT2D eigenvalue weighted by Crippen LogP contribution is 2.40. The van der Waals surface area contributed by atoms with E-state index in [-0.39, 0.29) is 0 Å². The van der Waals surface area contributed by atoms with Crippen LogP contribution in [-0.4, -0.2) is 86.1 Å². The van der Waals surface area contributed by atoms with Crippen molar-refractivity contribution in [2.24, 2.45) is 7.05 Å². The van der Waals surface area contributed by atoms with Crippen LogP contribution in [0.25, 0.3) is 28.1 Å². The van der Waals surface area contributed by atoms with Gasteiger partial charge < -0.3 is 15.5 Å². The molecule has 230 valence electrons. The number of aryl methyl sites for hydroxylation is 3. The van der Waals surface area contributed by atoms with Gasteiger partial charge in [-0.1, -0.05) is 42.8 Å². The van der Waals surface area contributed by atoms with Crippen LogP contribution in [0.1, 0.15) is 37.1 Å². The third-order valence-electron chi connectivity index (χ3n) is 8.73. The fourth-order valence-electron chi connectivity index (χ4n) is 5.99. The number of fused-ring (bicyclic) bond motifs is 3. The van der Waals surface area contributed by atoms with E-state index in [2.05, 4.69) is 82.9 Å². The van der Waals surface area contributed by atoms with Gasteiger partial charge in [-0.25, -0.2) is 9.97 Å². The SMILES string of the molecule is CC/C(C)=C/C(=C\NC)c1ccc(-c2c3c(nn2C)CCc2cnc(Nc4ccn(CCN5CCN(C)CC5)n4)nc2-3)cc1. The second kappa shape index (κ2) is 13.2. The zero-order chi connectivity index (χ0) is 30.6. The van der Waals surface area contributed by atoms with E-state index in [1.165, 1.54) is 16.7 Å². The molecule has 0 atom stereocenters. The lowest BCUT2D eigenvalue weighted by molar-refractivity contribution is 0.149. The van der Waals surface area contributed by atoms with Crippen LogP contribution >= 0.6 is 0 Å². The standard InChI is InChI=1S/C34H44N10/c1-6-24(2)21-28(22-35-3)25-7-9-26(10-8-25)33-31-29(39-42(33)5)12-11-27-23-36-34(38-32(27)31)37-30-13-14-44(40-30)20-19-43-17-15-41(4)16-18-43/h7-10,13-14,21-23,35H,6,11-12,15-20H2,1-5H3,(H,36,37,38,40)/b24-21+,28-22+. The molecule has 0 spiro atoms. The number of likely N-dealkylation sites (N-methyl/N-ethyl adjacent to an activating group) is 1. The Morgan fingerprint density at radius 3 is 2.52 bits per heavy atom. The Bertz CT molecular complexity index is 1650. The number of rotatable bonds is 10. The Morgan fingerprint density at radius 2 is 1.77 bits per heavy atom. The Balaban J connectivity index is 1.23. The van der Waals surface area contributed by atoms with Crippen LogP contribution in [0.4, 0.5) is 11.8 Å². The summed E-state index contributed by atoms with van der Waals surface area (Å²) in [6.45, 7) is 10.7. The van der Waals surface area contributed by atoms with Crippen molar-refractivity contribution in [1.82, 2.24) is 44.6 Å². The zero-order valence-corrected chi connectivity index (χ0v) is 26.6. The van der Waals surface area contributed by atoms with Gasteiger partial charge in [-0.15, -0.1) is 0 Å². The van der Waals surface area contributed by atoms with Crippen molar-refractivity contribution in [1.29, 1.82) is 0 Å². The summed E-state index contributed by atoms with van der Waals surface area (Å²) < 4.78 is 3.99. The van der Waals surface area contributed by atoms with Crippen LogP contribution in [0.3, 0.4) is 0 Å². The van der Waals surface area contributed by atoms with Crippen molar-refractivity contribution in [3.8, 4) is 22.5 Å². The van der Waals surface area contributed by atoms with Gasteiger partial charge in [-0.2, -0.15) is 10.2 Å². The van der Waals surface area contributed by atoms with E-state index < -0.39 is 0 Å². The minimum absolute atomic E-state index is 0.547. The molecule has 0 unspecified atom stereocenters. The number of nitrogens with zero attached hydrogens (tertiary/aromatic N) is 8. The first-order chi connectivity index (χ1) is 21.4. The summed E-state index contributed by atoms with van der Waals surface area (Å²) in [7, 11) is 6.15. The van der Waals surface area contributed by atoms with Gasteiger partial charge in [0.2, 0.25) is 5.95 Å². The molecule has 1 aliphatic heterocycles. The van der Waals surface area contributed by atoms with Crippen molar-refractivity contribution >= 4 is 17.3 Å². The third kappa shape index (κ3) is 6.46. The lowest BCUT2D eigenvalue weighted by Gasteiger charge is -2.32. The summed E-state index contributed by atoms with van der Waals surface area (Å²) in [4.78, 5) is 14.6. The molecule has 4 heterocycles. The Labute approximate surface area is 260 Å². The number of aromatic nitrogens is 6. The molecule has 0 saturated carbocycles. The molecule has 3 aromatic heterocycles. The summed E-state index contributed by atoms with van der Waals surface area (Å²) in [6.07, 6.45) is 11.0. The van der Waals surface area contributed by atoms with Gasteiger partial charge in [0.1, 0.15) is 0 Å². The smallest absolute Gasteiger partial charge is 0.228 e. The zero-order valence-electron chi connectivity index (χ0n) is 26.6. The second-order valence-electron chi connectivity index (χ2n) is 11.9. The van der Waals surface area contributed by atoms with E-state index in [1.807, 2.05) is 41.9 Å². The number of piperazine rings is 1. The highest BCUT2D eigenvalue weighted by atomic mass is 15.3. The maximum atomic E-state index is 5.03. The molecule has 6 rings (SSSR count). The van der Waals surface area contributed by atoms with Gasteiger partial charge >= 0.3 is 0 Å². The number of hydrogen-bond donors (Lipinski definition) is 2. The number of allylic oxidation sites excluding steroid dienone is 3. The lowest BCUT2D eigenvalue weighted by atomic mass is 9.91. The predicted molar refractivity (Wildman–Crippen MR) is 178 cm³/mol. The molecule has 2 N–H and O–H groups in total. The summed E-state index contributed by atoms with van der Waals surface area (Å²) in [5, 5.41) is 16.2. The summed E-state index contributed by atoms with van der Waals surface area (Å²) in [5.74, 6) is 1.30. The van der Waals surface area contributed by atoms with Gasteiger partial charge in [-0.3, -0.25) is 14.3 Å². The molecule has 0 radical (unpaired) electrons. The number of anilines is 2. The van der Waals surface area contributed by atoms with Crippen LogP contribution < -0.4 is 10.6 Å². The van der Waals surface area contributed by atoms with Crippen molar-refractivity contribution in [3.63, 3.8) is 0 Å². The van der Waals surface area contributed by atoms with E-state index in [9.17, 15) is 0 Å². The molecule has 44 heavy (non-hydrogen) atoms. The van der Waals surface area contributed by atoms with Gasteiger partial charge in [-0.05, 0) is 49.9 Å². The van der Waals surface area contributed by atoms with Crippen LogP contribution in [-0.2, 0) is 26.4 Å². The van der Waals surface area contributed by atoms with Gasteiger partial charge in [0, 0.05) is 82.6 Å².